The third-order valence-electron chi connectivity index (χ3n) is 2.98. The molecule has 0 aliphatic rings. The van der Waals surface area contributed by atoms with Gasteiger partial charge in [0.2, 0.25) is 0 Å². The molecular weight excluding hydrogens is 308 g/mol. The lowest BCUT2D eigenvalue weighted by molar-refractivity contribution is 0.521. The maximum absolute atomic E-state index is 4.58. The van der Waals surface area contributed by atoms with Crippen LogP contribution in [0.5, 0.6) is 0 Å². The van der Waals surface area contributed by atoms with E-state index in [1.807, 2.05) is 15.6 Å². The molecule has 2 aromatic rings. The highest BCUT2D eigenvalue weighted by Crippen LogP contribution is 2.22. The molecule has 0 spiro atoms. The Kier molecular flexibility index (Phi) is 5.09. The molecule has 19 heavy (non-hydrogen) atoms. The summed E-state index contributed by atoms with van der Waals surface area (Å²) in [5.74, 6) is 0. The van der Waals surface area contributed by atoms with E-state index in [2.05, 4.69) is 50.5 Å². The molecule has 0 fully saturated rings. The van der Waals surface area contributed by atoms with E-state index < -0.39 is 0 Å². The summed E-state index contributed by atoms with van der Waals surface area (Å²) in [5, 5.41) is 15.7. The quantitative estimate of drug-likeness (QED) is 0.785. The Morgan fingerprint density at radius 1 is 1.37 bits per heavy atom. The van der Waals surface area contributed by atoms with Gasteiger partial charge in [-0.3, -0.25) is 9.36 Å². The van der Waals surface area contributed by atoms with E-state index in [4.69, 9.17) is 0 Å². The van der Waals surface area contributed by atoms with Crippen LogP contribution in [0, 0.1) is 0 Å². The van der Waals surface area contributed by atoms with Crippen LogP contribution in [0.1, 0.15) is 25.2 Å². The lowest BCUT2D eigenvalue weighted by Gasteiger charge is -2.07. The van der Waals surface area contributed by atoms with Crippen LogP contribution in [-0.2, 0) is 26.1 Å². The van der Waals surface area contributed by atoms with Crippen molar-refractivity contribution in [2.75, 3.05) is 6.54 Å². The normalized spacial score (nSPS) is 11.1. The molecule has 7 heteroatoms. The molecule has 0 aromatic carbocycles. The summed E-state index contributed by atoms with van der Waals surface area (Å²) in [6.07, 6.45) is 4.50. The second kappa shape index (κ2) is 6.81. The Bertz CT molecular complexity index is 505. The number of nitrogens with one attached hydrogen (secondary N) is 1. The Labute approximate surface area is 121 Å². The monoisotopic (exact) mass is 326 g/mol. The summed E-state index contributed by atoms with van der Waals surface area (Å²) < 4.78 is 4.99. The van der Waals surface area contributed by atoms with Gasteiger partial charge in [-0.25, -0.2) is 0 Å². The summed E-state index contributed by atoms with van der Waals surface area (Å²) in [4.78, 5) is 0. The van der Waals surface area contributed by atoms with Crippen LogP contribution in [0.2, 0.25) is 0 Å². The number of aryl methyl sites for hydroxylation is 2. The summed E-state index contributed by atoms with van der Waals surface area (Å²) in [6, 6.07) is 0. The van der Waals surface area contributed by atoms with E-state index >= 15 is 0 Å². The minimum absolute atomic E-state index is 0.802. The van der Waals surface area contributed by atoms with Crippen LogP contribution >= 0.6 is 15.9 Å². The van der Waals surface area contributed by atoms with Gasteiger partial charge in [-0.15, -0.1) is 5.10 Å². The first-order chi connectivity index (χ1) is 9.26. The fourth-order valence-electron chi connectivity index (χ4n) is 1.94. The van der Waals surface area contributed by atoms with Gasteiger partial charge in [0, 0.05) is 25.8 Å². The van der Waals surface area contributed by atoms with Crippen LogP contribution in [0.4, 0.5) is 0 Å². The fourth-order valence-corrected chi connectivity index (χ4v) is 2.64. The predicted molar refractivity (Wildman–Crippen MR) is 76.7 cm³/mol. The number of hydrogen-bond acceptors (Lipinski definition) is 4. The highest BCUT2D eigenvalue weighted by molar-refractivity contribution is 9.10. The van der Waals surface area contributed by atoms with Gasteiger partial charge in [0.1, 0.15) is 0 Å². The molecule has 0 atom stereocenters. The van der Waals surface area contributed by atoms with Gasteiger partial charge in [0.15, 0.2) is 0 Å². The predicted octanol–water partition coefficient (Wildman–Crippen LogP) is 1.61. The summed E-state index contributed by atoms with van der Waals surface area (Å²) >= 11 is 3.64. The number of nitrogens with zero attached hydrogens (tertiary/aromatic N) is 5. The highest BCUT2D eigenvalue weighted by Gasteiger charge is 2.12. The van der Waals surface area contributed by atoms with Crippen LogP contribution in [-0.4, -0.2) is 31.3 Å². The summed E-state index contributed by atoms with van der Waals surface area (Å²) in [6.45, 7) is 7.59. The molecule has 0 unspecified atom stereocenters. The molecule has 0 saturated carbocycles. The molecule has 2 heterocycles. The molecule has 2 aromatic heterocycles. The fraction of sp³-hybridized carbons (Fsp3) is 0.583. The van der Waals surface area contributed by atoms with Crippen molar-refractivity contribution in [1.82, 2.24) is 30.1 Å². The van der Waals surface area contributed by atoms with Crippen molar-refractivity contribution in [2.45, 2.75) is 39.9 Å². The second-order valence-corrected chi connectivity index (χ2v) is 5.01. The third kappa shape index (κ3) is 3.42. The molecular formula is C12H19BrN6. The van der Waals surface area contributed by atoms with Gasteiger partial charge in [-0.2, -0.15) is 5.10 Å². The zero-order valence-electron chi connectivity index (χ0n) is 11.3. The number of halogens is 1. The molecule has 0 aliphatic heterocycles. The molecule has 0 aliphatic carbocycles. The number of hydrogen-bond donors (Lipinski definition) is 1. The minimum Gasteiger partial charge on any atom is -0.309 e. The van der Waals surface area contributed by atoms with Crippen LogP contribution in [0.15, 0.2) is 16.9 Å². The van der Waals surface area contributed by atoms with Gasteiger partial charge in [0.05, 0.1) is 28.6 Å². The first-order valence-electron chi connectivity index (χ1n) is 6.55. The molecule has 0 radical (unpaired) electrons. The average molecular weight is 327 g/mol. The average Bonchev–Trinajstić information content (AvgIpc) is 3.03. The van der Waals surface area contributed by atoms with E-state index in [0.717, 1.165) is 42.8 Å². The first-order valence-corrected chi connectivity index (χ1v) is 7.34. The van der Waals surface area contributed by atoms with Crippen LogP contribution in [0.25, 0.3) is 0 Å². The van der Waals surface area contributed by atoms with Crippen molar-refractivity contribution in [1.29, 1.82) is 0 Å². The molecule has 0 amide bonds. The van der Waals surface area contributed by atoms with Crippen LogP contribution < -0.4 is 5.32 Å². The van der Waals surface area contributed by atoms with Gasteiger partial charge in [0.25, 0.3) is 0 Å². The molecule has 0 bridgehead atoms. The SMILES string of the molecule is CCc1nn(CC)c(CNCCn2ccnn2)c1Br. The van der Waals surface area contributed by atoms with Crippen molar-refractivity contribution in [3.8, 4) is 0 Å². The molecule has 1 N–H and O–H groups in total. The lowest BCUT2D eigenvalue weighted by Crippen LogP contribution is -2.21. The summed E-state index contributed by atoms with van der Waals surface area (Å²) in [5.41, 5.74) is 2.33. The Morgan fingerprint density at radius 2 is 2.21 bits per heavy atom. The third-order valence-corrected chi connectivity index (χ3v) is 3.89. The standard InChI is InChI=1S/C12H19BrN6/c1-3-10-12(13)11(19(4-2)16-10)9-14-5-7-18-8-6-15-17-18/h6,8,14H,3-5,7,9H2,1-2H3. The van der Waals surface area contributed by atoms with E-state index in [-0.39, 0.29) is 0 Å². The van der Waals surface area contributed by atoms with E-state index in [1.165, 1.54) is 5.69 Å². The van der Waals surface area contributed by atoms with Gasteiger partial charge in [-0.1, -0.05) is 12.1 Å². The molecule has 104 valence electrons. The second-order valence-electron chi connectivity index (χ2n) is 4.22. The molecule has 6 nitrogen and oxygen atoms in total. The van der Waals surface area contributed by atoms with E-state index in [1.54, 1.807) is 6.20 Å². The molecule has 0 saturated heterocycles. The van der Waals surface area contributed by atoms with Crippen LogP contribution in [0.3, 0.4) is 0 Å². The van der Waals surface area contributed by atoms with Gasteiger partial charge < -0.3 is 5.32 Å². The van der Waals surface area contributed by atoms with Crippen molar-refractivity contribution in [3.05, 3.63) is 28.3 Å². The highest BCUT2D eigenvalue weighted by atomic mass is 79.9. The van der Waals surface area contributed by atoms with Crippen molar-refractivity contribution < 1.29 is 0 Å². The smallest absolute Gasteiger partial charge is 0.0767 e. The van der Waals surface area contributed by atoms with Gasteiger partial charge in [-0.05, 0) is 29.3 Å². The Balaban J connectivity index is 1.90. The Morgan fingerprint density at radius 3 is 2.84 bits per heavy atom. The number of rotatable bonds is 7. The van der Waals surface area contributed by atoms with E-state index in [9.17, 15) is 0 Å². The zero-order chi connectivity index (χ0) is 13.7. The van der Waals surface area contributed by atoms with Gasteiger partial charge >= 0.3 is 0 Å². The first kappa shape index (κ1) is 14.2. The zero-order valence-corrected chi connectivity index (χ0v) is 12.9. The minimum atomic E-state index is 0.802. The maximum Gasteiger partial charge on any atom is 0.0767 e. The lowest BCUT2D eigenvalue weighted by atomic mass is 10.3. The van der Waals surface area contributed by atoms with Crippen molar-refractivity contribution >= 4 is 15.9 Å². The maximum atomic E-state index is 4.58. The Hall–Kier alpha value is -1.21. The van der Waals surface area contributed by atoms with Crippen molar-refractivity contribution in [3.63, 3.8) is 0 Å². The topological polar surface area (TPSA) is 60.6 Å². The van der Waals surface area contributed by atoms with E-state index in [0.29, 0.717) is 0 Å². The summed E-state index contributed by atoms with van der Waals surface area (Å²) in [7, 11) is 0. The van der Waals surface area contributed by atoms with Crippen molar-refractivity contribution in [2.24, 2.45) is 0 Å². The molecule has 2 rings (SSSR count). The largest absolute Gasteiger partial charge is 0.309 e. The number of aromatic nitrogens is 5.